The summed E-state index contributed by atoms with van der Waals surface area (Å²) in [4.78, 5) is 45.6. The van der Waals surface area contributed by atoms with Crippen LogP contribution in [0.1, 0.15) is 69.6 Å². The van der Waals surface area contributed by atoms with Crippen LogP contribution in [0.25, 0.3) is 10.9 Å². The van der Waals surface area contributed by atoms with Crippen molar-refractivity contribution < 1.29 is 33.7 Å². The number of hydrogen-bond acceptors (Lipinski definition) is 9. The van der Waals surface area contributed by atoms with Gasteiger partial charge in [-0.2, -0.15) is 0 Å². The van der Waals surface area contributed by atoms with Gasteiger partial charge in [-0.25, -0.2) is 9.18 Å². The Bertz CT molecular complexity index is 2560. The summed E-state index contributed by atoms with van der Waals surface area (Å²) in [5.74, 6) is 0.278. The number of phenols is 1. The van der Waals surface area contributed by atoms with Crippen molar-refractivity contribution in [1.29, 1.82) is 0 Å². The highest BCUT2D eigenvalue weighted by atomic mass is 19.1. The number of aromatic nitrogens is 1. The van der Waals surface area contributed by atoms with E-state index in [4.69, 9.17) is 9.47 Å². The highest BCUT2D eigenvalue weighted by molar-refractivity contribution is 5.94. The van der Waals surface area contributed by atoms with E-state index in [1.807, 2.05) is 66.7 Å². The molecule has 6 aromatic rings. The molecule has 3 aliphatic rings. The molecule has 0 spiro atoms. The van der Waals surface area contributed by atoms with Crippen molar-refractivity contribution in [3.8, 4) is 11.5 Å². The number of nitrogens with one attached hydrogen (secondary N) is 3. The first-order valence-corrected chi connectivity index (χ1v) is 21.5. The molecule has 326 valence electrons. The summed E-state index contributed by atoms with van der Waals surface area (Å²) in [6.45, 7) is 4.17. The van der Waals surface area contributed by atoms with E-state index in [2.05, 4.69) is 20.5 Å². The fraction of sp³-hybridized carbons (Fsp3) is 0.300. The molecule has 12 nitrogen and oxygen atoms in total. The van der Waals surface area contributed by atoms with Gasteiger partial charge >= 0.3 is 6.09 Å². The molecule has 0 saturated carbocycles. The highest BCUT2D eigenvalue weighted by Gasteiger charge is 2.37. The minimum Gasteiger partial charge on any atom is -0.506 e. The van der Waals surface area contributed by atoms with Gasteiger partial charge < -0.3 is 40.2 Å². The summed E-state index contributed by atoms with van der Waals surface area (Å²) in [6, 6.07) is 36.5. The van der Waals surface area contributed by atoms with Crippen LogP contribution in [-0.2, 0) is 17.9 Å². The number of amides is 2. The van der Waals surface area contributed by atoms with Crippen molar-refractivity contribution in [2.24, 2.45) is 5.92 Å². The van der Waals surface area contributed by atoms with E-state index < -0.39 is 24.1 Å². The molecule has 4 heterocycles. The summed E-state index contributed by atoms with van der Waals surface area (Å²) in [7, 11) is 0. The molecule has 1 unspecified atom stereocenters. The van der Waals surface area contributed by atoms with E-state index in [1.54, 1.807) is 47.4 Å². The third-order valence-electron chi connectivity index (χ3n) is 12.0. The average molecular weight is 854 g/mol. The number of aromatic hydroxyl groups is 1. The van der Waals surface area contributed by atoms with Crippen LogP contribution in [0.2, 0.25) is 0 Å². The lowest BCUT2D eigenvalue weighted by Crippen LogP contribution is -2.52. The molecule has 3 aliphatic heterocycles. The Morgan fingerprint density at radius 2 is 1.65 bits per heavy atom. The van der Waals surface area contributed by atoms with E-state index in [9.17, 15) is 29.0 Å². The Labute approximate surface area is 365 Å². The number of aromatic amines is 1. The number of rotatable bonds is 17. The second kappa shape index (κ2) is 20.1. The summed E-state index contributed by atoms with van der Waals surface area (Å²) >= 11 is 0. The van der Waals surface area contributed by atoms with Crippen molar-refractivity contribution in [1.82, 2.24) is 25.4 Å². The van der Waals surface area contributed by atoms with E-state index in [-0.39, 0.29) is 48.5 Å². The fourth-order valence-electron chi connectivity index (χ4n) is 8.59. The van der Waals surface area contributed by atoms with Crippen LogP contribution in [0, 0.1) is 11.7 Å². The number of aliphatic hydroxyl groups is 1. The van der Waals surface area contributed by atoms with Crippen LogP contribution in [0.15, 0.2) is 132 Å². The van der Waals surface area contributed by atoms with E-state index in [0.717, 1.165) is 49.2 Å². The first kappa shape index (κ1) is 43.1. The molecule has 0 aliphatic carbocycles. The maximum atomic E-state index is 14.8. The van der Waals surface area contributed by atoms with Crippen LogP contribution in [0.3, 0.4) is 0 Å². The summed E-state index contributed by atoms with van der Waals surface area (Å²) in [5.41, 5.74) is 3.89. The number of aliphatic hydroxyl groups excluding tert-OH is 1. The molecule has 1 aromatic heterocycles. The van der Waals surface area contributed by atoms with Crippen LogP contribution in [0.4, 0.5) is 9.18 Å². The predicted molar refractivity (Wildman–Crippen MR) is 238 cm³/mol. The molecule has 3 saturated heterocycles. The number of piperidine rings is 3. The van der Waals surface area contributed by atoms with Gasteiger partial charge in [0.1, 0.15) is 30.0 Å². The van der Waals surface area contributed by atoms with E-state index in [1.165, 1.54) is 18.2 Å². The number of carbonyl (C=O) groups is 2. The molecule has 13 heteroatoms. The zero-order valence-electron chi connectivity index (χ0n) is 34.9. The summed E-state index contributed by atoms with van der Waals surface area (Å²) < 4.78 is 27.0. The molecule has 9 rings (SSSR count). The van der Waals surface area contributed by atoms with Gasteiger partial charge in [-0.15, -0.1) is 0 Å². The number of H-pyrrole nitrogens is 1. The molecule has 63 heavy (non-hydrogen) atoms. The quantitative estimate of drug-likeness (QED) is 0.0599. The van der Waals surface area contributed by atoms with Crippen LogP contribution in [0.5, 0.6) is 11.5 Å². The lowest BCUT2D eigenvalue weighted by Gasteiger charge is -2.43. The number of fused-ring (bicyclic) bond motifs is 4. The molecule has 3 atom stereocenters. The maximum absolute atomic E-state index is 14.8. The lowest BCUT2D eigenvalue weighted by atomic mass is 9.86. The van der Waals surface area contributed by atoms with Crippen molar-refractivity contribution in [2.45, 2.75) is 50.7 Å². The number of benzene rings is 5. The zero-order chi connectivity index (χ0) is 43.7. The topological polar surface area (TPSA) is 156 Å². The predicted octanol–water partition coefficient (Wildman–Crippen LogP) is 7.22. The monoisotopic (exact) mass is 853 g/mol. The Kier molecular flexibility index (Phi) is 13.8. The number of alkyl carbamates (subject to hydrolysis) is 1. The Morgan fingerprint density at radius 1 is 0.889 bits per heavy atom. The molecule has 5 N–H and O–H groups in total. The minimum absolute atomic E-state index is 0.0727. The maximum Gasteiger partial charge on any atom is 0.408 e. The van der Waals surface area contributed by atoms with Crippen LogP contribution in [-0.4, -0.2) is 82.4 Å². The SMILES string of the molecule is O=C(NC(c1ccccc1)c1cccc(OCc2ccc(C(=O)N(CCCNC[C@@H](O)c3ccc(O)c4[nH]c(=O)ccc34)Cc3ccccc3F)cc2)c1)O[C@H]1CN2CCC1CC2. The lowest BCUT2D eigenvalue weighted by molar-refractivity contribution is -0.0336. The molecule has 3 fully saturated rings. The number of halogens is 1. The van der Waals surface area contributed by atoms with Gasteiger partial charge in [0.25, 0.3) is 5.91 Å². The number of ether oxygens (including phenoxy) is 2. The number of nitrogens with zero attached hydrogens (tertiary/aromatic N) is 2. The van der Waals surface area contributed by atoms with Gasteiger partial charge in [0, 0.05) is 48.8 Å². The number of pyridine rings is 1. The van der Waals surface area contributed by atoms with Gasteiger partial charge in [0.05, 0.1) is 17.7 Å². The molecule has 0 radical (unpaired) electrons. The zero-order valence-corrected chi connectivity index (χ0v) is 34.9. The van der Waals surface area contributed by atoms with Gasteiger partial charge in [-0.05, 0) is 110 Å². The van der Waals surface area contributed by atoms with E-state index >= 15 is 0 Å². The smallest absolute Gasteiger partial charge is 0.408 e. The summed E-state index contributed by atoms with van der Waals surface area (Å²) in [5, 5.41) is 28.1. The van der Waals surface area contributed by atoms with Crippen molar-refractivity contribution in [3.05, 3.63) is 177 Å². The van der Waals surface area contributed by atoms with Gasteiger partial charge in [0.2, 0.25) is 5.56 Å². The van der Waals surface area contributed by atoms with Crippen molar-refractivity contribution >= 4 is 22.9 Å². The second-order valence-electron chi connectivity index (χ2n) is 16.3. The second-order valence-corrected chi connectivity index (χ2v) is 16.3. The van der Waals surface area contributed by atoms with Gasteiger partial charge in [-0.3, -0.25) is 14.5 Å². The Balaban J connectivity index is 0.880. The average Bonchev–Trinajstić information content (AvgIpc) is 3.31. The van der Waals surface area contributed by atoms with Crippen molar-refractivity contribution in [2.75, 3.05) is 39.3 Å². The molecular formula is C50H52FN5O7. The molecule has 5 aromatic carbocycles. The van der Waals surface area contributed by atoms with Gasteiger partial charge in [0.15, 0.2) is 0 Å². The summed E-state index contributed by atoms with van der Waals surface area (Å²) in [6.07, 6.45) is 1.14. The fourth-order valence-corrected chi connectivity index (χ4v) is 8.59. The first-order chi connectivity index (χ1) is 30.7. The largest absolute Gasteiger partial charge is 0.506 e. The number of hydrogen-bond donors (Lipinski definition) is 5. The standard InChI is InChI=1S/C50H52FN5O7/c51-42-13-5-4-10-38(42)30-56(25-7-24-52-29-44(58)40-18-20-43(57)48-41(40)19-21-46(59)53-48)49(60)36-16-14-33(15-17-36)32-62-39-12-6-11-37(28-39)47(35-8-2-1-3-9-35)54-50(61)63-45-31-55-26-22-34(45)23-27-55/h1-6,8-21,28,34,44-45,47,52,57-58H,7,22-27,29-32H2,(H,53,59)(H,54,61)/t44-,45+,47?/m1/s1. The highest BCUT2D eigenvalue weighted by Crippen LogP contribution is 2.32. The normalized spacial score (nSPS) is 17.8. The minimum atomic E-state index is -0.930. The van der Waals surface area contributed by atoms with E-state index in [0.29, 0.717) is 53.3 Å². The third-order valence-corrected chi connectivity index (χ3v) is 12.0. The van der Waals surface area contributed by atoms with Crippen LogP contribution >= 0.6 is 0 Å². The molecule has 2 bridgehead atoms. The van der Waals surface area contributed by atoms with Crippen LogP contribution < -0.4 is 20.9 Å². The number of phenolic OH excluding ortho intramolecular Hbond substituents is 1. The Morgan fingerprint density at radius 3 is 2.41 bits per heavy atom. The molecule has 2 amide bonds. The number of carbonyl (C=O) groups excluding carboxylic acids is 2. The van der Waals surface area contributed by atoms with Gasteiger partial charge in [-0.1, -0.05) is 78.9 Å². The third kappa shape index (κ3) is 10.7. The first-order valence-electron chi connectivity index (χ1n) is 21.5. The van der Waals surface area contributed by atoms with Crippen molar-refractivity contribution in [3.63, 3.8) is 0 Å². The molecular weight excluding hydrogens is 802 g/mol. The Hall–Kier alpha value is -6.54.